The minimum Gasteiger partial charge on any atom is -0.456 e. The Bertz CT molecular complexity index is 558. The average molecular weight is 307 g/mol. The summed E-state index contributed by atoms with van der Waals surface area (Å²) < 4.78 is 5.69. The number of nitrogen functional groups attached to an aromatic ring is 1. The molecular weight excluding hydrogens is 296 g/mol. The lowest BCUT2D eigenvalue weighted by atomic mass is 10.2. The number of aromatic nitrogens is 1. The molecule has 0 radical (unpaired) electrons. The number of halogens is 1. The Balaban J connectivity index is 2.06. The molecule has 0 aliphatic rings. The summed E-state index contributed by atoms with van der Waals surface area (Å²) in [4.78, 5) is 15.8. The number of esters is 1. The summed E-state index contributed by atoms with van der Waals surface area (Å²) in [5.41, 5.74) is 7.02. The number of hydrogen-bond acceptors (Lipinski definition) is 4. The van der Waals surface area contributed by atoms with Crippen molar-refractivity contribution in [3.63, 3.8) is 0 Å². The number of nitrogens with zero attached hydrogens (tertiary/aromatic N) is 1. The molecule has 2 aromatic rings. The third-order valence-electron chi connectivity index (χ3n) is 2.30. The van der Waals surface area contributed by atoms with Crippen LogP contribution < -0.4 is 5.73 Å². The molecule has 92 valence electrons. The first-order valence-corrected chi connectivity index (χ1v) is 6.09. The highest BCUT2D eigenvalue weighted by Crippen LogP contribution is 2.15. The number of ether oxygens (including phenoxy) is 1. The number of rotatable bonds is 3. The van der Waals surface area contributed by atoms with Gasteiger partial charge >= 0.3 is 5.97 Å². The number of hydrogen-bond donors (Lipinski definition) is 1. The predicted molar refractivity (Wildman–Crippen MR) is 71.9 cm³/mol. The molecule has 0 saturated heterocycles. The molecule has 5 heteroatoms. The quantitative estimate of drug-likeness (QED) is 0.699. The summed E-state index contributed by atoms with van der Waals surface area (Å²) in [6, 6.07) is 12.7. The van der Waals surface area contributed by atoms with Crippen LogP contribution in [0, 0.1) is 0 Å². The third kappa shape index (κ3) is 3.07. The van der Waals surface area contributed by atoms with Crippen LogP contribution in [0.4, 0.5) is 5.69 Å². The third-order valence-corrected chi connectivity index (χ3v) is 2.74. The standard InChI is InChI=1S/C13H11BrN2O2/c14-11-7-6-10(15)12(16-11)13(17)18-8-9-4-2-1-3-5-9/h1-7H,8,15H2. The topological polar surface area (TPSA) is 65.2 Å². The molecule has 0 aliphatic heterocycles. The molecule has 2 N–H and O–H groups in total. The molecule has 4 nitrogen and oxygen atoms in total. The first kappa shape index (κ1) is 12.6. The number of nitrogens with two attached hydrogens (primary N) is 1. The highest BCUT2D eigenvalue weighted by Gasteiger charge is 2.13. The highest BCUT2D eigenvalue weighted by molar-refractivity contribution is 9.10. The predicted octanol–water partition coefficient (Wildman–Crippen LogP) is 2.78. The summed E-state index contributed by atoms with van der Waals surface area (Å²) in [5.74, 6) is -0.530. The molecule has 0 amide bonds. The van der Waals surface area contributed by atoms with Crippen molar-refractivity contribution < 1.29 is 9.53 Å². The van der Waals surface area contributed by atoms with Gasteiger partial charge in [-0.1, -0.05) is 30.3 Å². The Morgan fingerprint density at radius 3 is 2.67 bits per heavy atom. The lowest BCUT2D eigenvalue weighted by molar-refractivity contribution is 0.0467. The highest BCUT2D eigenvalue weighted by atomic mass is 79.9. The second kappa shape index (κ2) is 5.64. The van der Waals surface area contributed by atoms with Gasteiger partial charge in [0.15, 0.2) is 5.69 Å². The molecule has 0 saturated carbocycles. The van der Waals surface area contributed by atoms with E-state index in [0.29, 0.717) is 10.3 Å². The van der Waals surface area contributed by atoms with Gasteiger partial charge in [0.05, 0.1) is 5.69 Å². The maximum Gasteiger partial charge on any atom is 0.359 e. The van der Waals surface area contributed by atoms with Gasteiger partial charge in [0, 0.05) is 0 Å². The molecule has 0 bridgehead atoms. The number of benzene rings is 1. The van der Waals surface area contributed by atoms with Crippen LogP contribution >= 0.6 is 15.9 Å². The maximum atomic E-state index is 11.8. The summed E-state index contributed by atoms with van der Waals surface area (Å²) in [6.45, 7) is 0.202. The van der Waals surface area contributed by atoms with Crippen molar-refractivity contribution in [1.82, 2.24) is 4.98 Å². The fraction of sp³-hybridized carbons (Fsp3) is 0.0769. The van der Waals surface area contributed by atoms with Crippen molar-refractivity contribution in [3.8, 4) is 0 Å². The minimum absolute atomic E-state index is 0.125. The van der Waals surface area contributed by atoms with E-state index >= 15 is 0 Å². The van der Waals surface area contributed by atoms with Gasteiger partial charge in [0.2, 0.25) is 0 Å². The second-order valence-corrected chi connectivity index (χ2v) is 4.45. The summed E-state index contributed by atoms with van der Waals surface area (Å²) >= 11 is 3.19. The fourth-order valence-corrected chi connectivity index (χ4v) is 1.71. The van der Waals surface area contributed by atoms with Gasteiger partial charge in [0.25, 0.3) is 0 Å². The van der Waals surface area contributed by atoms with E-state index < -0.39 is 5.97 Å². The Hall–Kier alpha value is -1.88. The number of carbonyl (C=O) groups excluding carboxylic acids is 1. The largest absolute Gasteiger partial charge is 0.456 e. The number of pyridine rings is 1. The van der Waals surface area contributed by atoms with Gasteiger partial charge < -0.3 is 10.5 Å². The van der Waals surface area contributed by atoms with Crippen LogP contribution in [0.3, 0.4) is 0 Å². The minimum atomic E-state index is -0.530. The van der Waals surface area contributed by atoms with Gasteiger partial charge in [-0.15, -0.1) is 0 Å². The van der Waals surface area contributed by atoms with E-state index in [1.54, 1.807) is 12.1 Å². The van der Waals surface area contributed by atoms with Crippen LogP contribution in [0.5, 0.6) is 0 Å². The molecule has 0 spiro atoms. The molecule has 2 rings (SSSR count). The molecule has 1 heterocycles. The number of anilines is 1. The van der Waals surface area contributed by atoms with Crippen molar-refractivity contribution in [2.24, 2.45) is 0 Å². The lowest BCUT2D eigenvalue weighted by Gasteiger charge is -2.06. The molecule has 0 aliphatic carbocycles. The summed E-state index contributed by atoms with van der Waals surface area (Å²) in [6.07, 6.45) is 0. The van der Waals surface area contributed by atoms with Crippen molar-refractivity contribution in [2.75, 3.05) is 5.73 Å². The summed E-state index contributed by atoms with van der Waals surface area (Å²) in [5, 5.41) is 0. The Morgan fingerprint density at radius 2 is 1.94 bits per heavy atom. The van der Waals surface area contributed by atoms with Crippen molar-refractivity contribution in [3.05, 3.63) is 58.3 Å². The van der Waals surface area contributed by atoms with E-state index in [1.807, 2.05) is 30.3 Å². The smallest absolute Gasteiger partial charge is 0.359 e. The fourth-order valence-electron chi connectivity index (χ4n) is 1.40. The molecule has 1 aromatic carbocycles. The van der Waals surface area contributed by atoms with Gasteiger partial charge in [0.1, 0.15) is 11.2 Å². The number of carbonyl (C=O) groups is 1. The van der Waals surface area contributed by atoms with Gasteiger partial charge in [-0.25, -0.2) is 9.78 Å². The van der Waals surface area contributed by atoms with Crippen LogP contribution in [0.1, 0.15) is 16.1 Å². The van der Waals surface area contributed by atoms with Crippen LogP contribution in [0.25, 0.3) is 0 Å². The SMILES string of the molecule is Nc1ccc(Br)nc1C(=O)OCc1ccccc1. The van der Waals surface area contributed by atoms with Crippen LogP contribution in [0.2, 0.25) is 0 Å². The Labute approximate surface area is 113 Å². The van der Waals surface area contributed by atoms with Gasteiger partial charge in [-0.3, -0.25) is 0 Å². The van der Waals surface area contributed by atoms with E-state index in [4.69, 9.17) is 10.5 Å². The lowest BCUT2D eigenvalue weighted by Crippen LogP contribution is -2.10. The van der Waals surface area contributed by atoms with Crippen molar-refractivity contribution in [2.45, 2.75) is 6.61 Å². The molecule has 1 aromatic heterocycles. The first-order valence-electron chi connectivity index (χ1n) is 5.30. The van der Waals surface area contributed by atoms with E-state index in [2.05, 4.69) is 20.9 Å². The molecular formula is C13H11BrN2O2. The zero-order valence-electron chi connectivity index (χ0n) is 9.47. The molecule has 0 atom stereocenters. The maximum absolute atomic E-state index is 11.8. The van der Waals surface area contributed by atoms with Crippen LogP contribution in [-0.2, 0) is 11.3 Å². The van der Waals surface area contributed by atoms with Gasteiger partial charge in [-0.2, -0.15) is 0 Å². The second-order valence-electron chi connectivity index (χ2n) is 3.63. The van der Waals surface area contributed by atoms with E-state index in [0.717, 1.165) is 5.56 Å². The van der Waals surface area contributed by atoms with E-state index in [-0.39, 0.29) is 12.3 Å². The van der Waals surface area contributed by atoms with Gasteiger partial charge in [-0.05, 0) is 33.6 Å². The average Bonchev–Trinajstić information content (AvgIpc) is 2.40. The first-order chi connectivity index (χ1) is 8.66. The monoisotopic (exact) mass is 306 g/mol. The van der Waals surface area contributed by atoms with E-state index in [1.165, 1.54) is 0 Å². The van der Waals surface area contributed by atoms with Crippen molar-refractivity contribution in [1.29, 1.82) is 0 Å². The Kier molecular flexibility index (Phi) is 3.94. The van der Waals surface area contributed by atoms with Crippen molar-refractivity contribution >= 4 is 27.6 Å². The van der Waals surface area contributed by atoms with E-state index in [9.17, 15) is 4.79 Å². The Morgan fingerprint density at radius 1 is 1.22 bits per heavy atom. The zero-order chi connectivity index (χ0) is 13.0. The summed E-state index contributed by atoms with van der Waals surface area (Å²) in [7, 11) is 0. The molecule has 0 unspecified atom stereocenters. The normalized spacial score (nSPS) is 10.1. The zero-order valence-corrected chi connectivity index (χ0v) is 11.1. The molecule has 18 heavy (non-hydrogen) atoms. The molecule has 0 fully saturated rings. The van der Waals surface area contributed by atoms with Crippen LogP contribution in [0.15, 0.2) is 47.1 Å². The van der Waals surface area contributed by atoms with Crippen LogP contribution in [-0.4, -0.2) is 11.0 Å².